The number of halogens is 1. The molecule has 1 aliphatic carbocycles. The summed E-state index contributed by atoms with van der Waals surface area (Å²) in [5, 5.41) is 8.91. The van der Waals surface area contributed by atoms with Gasteiger partial charge in [0.15, 0.2) is 21.3 Å². The standard InChI is InChI=1S/C23H28FN7O4S/c1-14(2)21-28-20(35-29-21)12-30-8-6-15(7-9-30)34-23-17-11-27-31(22(17)25-13-26-23)19-5-4-16(10-18(19)24)36(3,32)33/h4-5,10-11,13-15,18-19H,6-9,12H2,1-3H3. The molecule has 2 aliphatic rings. The predicted octanol–water partition coefficient (Wildman–Crippen LogP) is 2.75. The molecule has 4 heterocycles. The molecule has 2 unspecified atom stereocenters. The monoisotopic (exact) mass is 517 g/mol. The molecule has 0 spiro atoms. The van der Waals surface area contributed by atoms with Gasteiger partial charge in [0.2, 0.25) is 11.8 Å². The Morgan fingerprint density at radius 2 is 2.03 bits per heavy atom. The van der Waals surface area contributed by atoms with E-state index in [0.717, 1.165) is 38.3 Å². The Bertz CT molecular complexity index is 1410. The number of rotatable bonds is 7. The first-order valence-corrected chi connectivity index (χ1v) is 13.7. The molecule has 192 valence electrons. The Kier molecular flexibility index (Phi) is 6.60. The van der Waals surface area contributed by atoms with Crippen LogP contribution in [0.2, 0.25) is 0 Å². The third-order valence-corrected chi connectivity index (χ3v) is 7.47. The van der Waals surface area contributed by atoms with Gasteiger partial charge in [-0.2, -0.15) is 10.1 Å². The van der Waals surface area contributed by atoms with E-state index in [1.165, 1.54) is 23.2 Å². The number of nitrogens with zero attached hydrogens (tertiary/aromatic N) is 7. The van der Waals surface area contributed by atoms with Crippen molar-refractivity contribution >= 4 is 20.9 Å². The molecule has 36 heavy (non-hydrogen) atoms. The maximum atomic E-state index is 14.9. The van der Waals surface area contributed by atoms with Crippen molar-refractivity contribution in [2.75, 3.05) is 19.3 Å². The fourth-order valence-corrected chi connectivity index (χ4v) is 5.03. The first kappa shape index (κ1) is 24.5. The summed E-state index contributed by atoms with van der Waals surface area (Å²) in [4.78, 5) is 15.2. The fraction of sp³-hybridized carbons (Fsp3) is 0.522. The van der Waals surface area contributed by atoms with Crippen LogP contribution in [-0.4, -0.2) is 74.8 Å². The molecule has 0 amide bonds. The van der Waals surface area contributed by atoms with Gasteiger partial charge in [0, 0.05) is 25.3 Å². The van der Waals surface area contributed by atoms with Gasteiger partial charge in [0.05, 0.1) is 17.6 Å². The summed E-state index contributed by atoms with van der Waals surface area (Å²) in [6.45, 7) is 6.27. The van der Waals surface area contributed by atoms with Crippen LogP contribution in [0.15, 0.2) is 40.2 Å². The van der Waals surface area contributed by atoms with E-state index < -0.39 is 22.1 Å². The average molecular weight is 518 g/mol. The molecule has 0 aromatic carbocycles. The number of piperidine rings is 1. The zero-order valence-electron chi connectivity index (χ0n) is 20.3. The normalized spacial score (nSPS) is 21.9. The Balaban J connectivity index is 1.24. The lowest BCUT2D eigenvalue weighted by molar-refractivity contribution is 0.0883. The molecule has 2 atom stereocenters. The zero-order valence-corrected chi connectivity index (χ0v) is 21.1. The summed E-state index contributed by atoms with van der Waals surface area (Å²) in [6.07, 6.45) is 7.92. The minimum Gasteiger partial charge on any atom is -0.474 e. The lowest BCUT2D eigenvalue weighted by Gasteiger charge is -2.30. The van der Waals surface area contributed by atoms with Crippen molar-refractivity contribution in [2.24, 2.45) is 0 Å². The number of aromatic nitrogens is 6. The van der Waals surface area contributed by atoms with Crippen LogP contribution in [0.4, 0.5) is 4.39 Å². The van der Waals surface area contributed by atoms with E-state index in [2.05, 4.69) is 30.1 Å². The van der Waals surface area contributed by atoms with Crippen LogP contribution in [0, 0.1) is 0 Å². The second kappa shape index (κ2) is 9.69. The zero-order chi connectivity index (χ0) is 25.4. The van der Waals surface area contributed by atoms with E-state index in [4.69, 9.17) is 9.26 Å². The van der Waals surface area contributed by atoms with Crippen molar-refractivity contribution in [3.05, 3.63) is 47.4 Å². The van der Waals surface area contributed by atoms with Gasteiger partial charge >= 0.3 is 0 Å². The van der Waals surface area contributed by atoms with Crippen molar-refractivity contribution < 1.29 is 22.1 Å². The largest absolute Gasteiger partial charge is 0.474 e. The molecule has 0 saturated carbocycles. The van der Waals surface area contributed by atoms with Crippen LogP contribution in [0.25, 0.3) is 11.0 Å². The fourth-order valence-electron chi connectivity index (χ4n) is 4.33. The summed E-state index contributed by atoms with van der Waals surface area (Å²) < 4.78 is 51.4. The summed E-state index contributed by atoms with van der Waals surface area (Å²) in [5.74, 6) is 1.95. The first-order valence-electron chi connectivity index (χ1n) is 11.8. The predicted molar refractivity (Wildman–Crippen MR) is 129 cm³/mol. The highest BCUT2D eigenvalue weighted by Crippen LogP contribution is 2.31. The Labute approximate surface area is 208 Å². The lowest BCUT2D eigenvalue weighted by atomic mass is 10.1. The van der Waals surface area contributed by atoms with Crippen molar-refractivity contribution in [1.82, 2.24) is 34.8 Å². The van der Waals surface area contributed by atoms with Gasteiger partial charge in [0.1, 0.15) is 30.0 Å². The van der Waals surface area contributed by atoms with Gasteiger partial charge in [-0.3, -0.25) is 4.90 Å². The van der Waals surface area contributed by atoms with Crippen molar-refractivity contribution in [1.29, 1.82) is 0 Å². The Hall–Kier alpha value is -3.19. The van der Waals surface area contributed by atoms with Gasteiger partial charge in [-0.05, 0) is 25.0 Å². The van der Waals surface area contributed by atoms with Crippen LogP contribution >= 0.6 is 0 Å². The Morgan fingerprint density at radius 3 is 2.69 bits per heavy atom. The maximum Gasteiger partial charge on any atom is 0.240 e. The highest BCUT2D eigenvalue weighted by Gasteiger charge is 2.29. The number of likely N-dealkylation sites (tertiary alicyclic amines) is 1. The molecule has 11 nitrogen and oxygen atoms in total. The van der Waals surface area contributed by atoms with Gasteiger partial charge < -0.3 is 9.26 Å². The minimum atomic E-state index is -3.50. The summed E-state index contributed by atoms with van der Waals surface area (Å²) in [6, 6.07) is -0.820. The molecular weight excluding hydrogens is 489 g/mol. The molecule has 1 fully saturated rings. The molecule has 0 bridgehead atoms. The summed E-state index contributed by atoms with van der Waals surface area (Å²) in [5.41, 5.74) is 0.420. The minimum absolute atomic E-state index is 0.0413. The molecule has 3 aromatic rings. The van der Waals surface area contributed by atoms with Crippen LogP contribution in [0.3, 0.4) is 0 Å². The van der Waals surface area contributed by atoms with Crippen LogP contribution < -0.4 is 4.74 Å². The second-order valence-electron chi connectivity index (χ2n) is 9.43. The summed E-state index contributed by atoms with van der Waals surface area (Å²) in [7, 11) is -3.50. The highest BCUT2D eigenvalue weighted by atomic mass is 32.2. The number of sulfone groups is 1. The van der Waals surface area contributed by atoms with E-state index >= 15 is 0 Å². The van der Waals surface area contributed by atoms with Gasteiger partial charge in [-0.25, -0.2) is 27.5 Å². The number of alkyl halides is 1. The third-order valence-electron chi connectivity index (χ3n) is 6.34. The molecule has 1 aliphatic heterocycles. The molecular formula is C23H28FN7O4S. The number of fused-ring (bicyclic) bond motifs is 1. The van der Waals surface area contributed by atoms with E-state index in [0.29, 0.717) is 35.2 Å². The molecule has 5 rings (SSSR count). The van der Waals surface area contributed by atoms with E-state index in [1.54, 1.807) is 6.20 Å². The highest BCUT2D eigenvalue weighted by molar-refractivity contribution is 7.94. The lowest BCUT2D eigenvalue weighted by Crippen LogP contribution is -2.38. The van der Waals surface area contributed by atoms with Crippen LogP contribution in [0.5, 0.6) is 5.88 Å². The third kappa shape index (κ3) is 5.03. The first-order chi connectivity index (χ1) is 17.2. The smallest absolute Gasteiger partial charge is 0.240 e. The maximum absolute atomic E-state index is 14.9. The van der Waals surface area contributed by atoms with E-state index in [9.17, 15) is 12.8 Å². The summed E-state index contributed by atoms with van der Waals surface area (Å²) >= 11 is 0. The van der Waals surface area contributed by atoms with Gasteiger partial charge in [-0.1, -0.05) is 25.1 Å². The SMILES string of the molecule is CC(C)c1noc(CN2CCC(Oc3ncnc4c3cnn4C3C=CC(S(C)(=O)=O)=CC3F)CC2)n1. The molecule has 1 saturated heterocycles. The topological polar surface area (TPSA) is 129 Å². The van der Waals surface area contributed by atoms with Crippen molar-refractivity contribution in [2.45, 2.75) is 57.5 Å². The Morgan fingerprint density at radius 1 is 1.25 bits per heavy atom. The molecule has 13 heteroatoms. The number of allylic oxidation sites excluding steroid dienone is 3. The quantitative estimate of drug-likeness (QED) is 0.461. The molecule has 3 aromatic heterocycles. The number of ether oxygens (including phenoxy) is 1. The van der Waals surface area contributed by atoms with Crippen molar-refractivity contribution in [3.8, 4) is 5.88 Å². The van der Waals surface area contributed by atoms with Gasteiger partial charge in [-0.15, -0.1) is 0 Å². The van der Waals surface area contributed by atoms with Crippen LogP contribution in [-0.2, 0) is 16.4 Å². The molecule has 0 radical (unpaired) electrons. The van der Waals surface area contributed by atoms with Gasteiger partial charge in [0.25, 0.3) is 0 Å². The second-order valence-corrected chi connectivity index (χ2v) is 11.5. The molecule has 0 N–H and O–H groups in total. The van der Waals surface area contributed by atoms with Crippen molar-refractivity contribution in [3.63, 3.8) is 0 Å². The number of hydrogen-bond donors (Lipinski definition) is 0. The van der Waals surface area contributed by atoms with Crippen LogP contribution in [0.1, 0.15) is 50.4 Å². The average Bonchev–Trinajstić information content (AvgIpc) is 3.48. The van der Waals surface area contributed by atoms with E-state index in [1.807, 2.05) is 13.8 Å². The van der Waals surface area contributed by atoms with E-state index in [-0.39, 0.29) is 16.9 Å². The number of hydrogen-bond acceptors (Lipinski definition) is 10.